The molecular formula is C19H14ClN5O4S. The van der Waals surface area contributed by atoms with Gasteiger partial charge in [-0.25, -0.2) is 4.31 Å². The normalized spacial score (nSPS) is 10.2. The first kappa shape index (κ1) is 21.1. The van der Waals surface area contributed by atoms with E-state index >= 15 is 0 Å². The second-order valence-electron chi connectivity index (χ2n) is 5.79. The number of carbonyl (C=O) groups is 2. The molecule has 30 heavy (non-hydrogen) atoms. The van der Waals surface area contributed by atoms with Crippen molar-refractivity contribution in [3.8, 4) is 0 Å². The second kappa shape index (κ2) is 9.72. The SMILES string of the molecule is O=CN(SNc1cccnc1)c1ccc(NC(=O)c2cc([N+](=O)[O-])ccc2Cl)cc1. The Bertz CT molecular complexity index is 1070. The topological polar surface area (TPSA) is 117 Å². The van der Waals surface area contributed by atoms with E-state index < -0.39 is 10.8 Å². The summed E-state index contributed by atoms with van der Waals surface area (Å²) < 4.78 is 4.35. The predicted molar refractivity (Wildman–Crippen MR) is 116 cm³/mol. The van der Waals surface area contributed by atoms with Crippen molar-refractivity contribution in [3.63, 3.8) is 0 Å². The van der Waals surface area contributed by atoms with Crippen LogP contribution in [0.25, 0.3) is 0 Å². The third kappa shape index (κ3) is 5.25. The first-order chi connectivity index (χ1) is 14.5. The monoisotopic (exact) mass is 443 g/mol. The molecule has 0 radical (unpaired) electrons. The van der Waals surface area contributed by atoms with E-state index in [2.05, 4.69) is 15.0 Å². The Morgan fingerprint density at radius 2 is 1.93 bits per heavy atom. The van der Waals surface area contributed by atoms with Crippen molar-refractivity contribution in [2.45, 2.75) is 0 Å². The van der Waals surface area contributed by atoms with E-state index in [9.17, 15) is 19.7 Å². The van der Waals surface area contributed by atoms with Crippen LogP contribution in [-0.4, -0.2) is 22.2 Å². The lowest BCUT2D eigenvalue weighted by atomic mass is 10.2. The van der Waals surface area contributed by atoms with E-state index in [4.69, 9.17) is 11.6 Å². The van der Waals surface area contributed by atoms with Crippen molar-refractivity contribution in [1.82, 2.24) is 4.98 Å². The second-order valence-corrected chi connectivity index (χ2v) is 6.98. The first-order valence-electron chi connectivity index (χ1n) is 8.41. The molecule has 2 amide bonds. The number of rotatable bonds is 8. The summed E-state index contributed by atoms with van der Waals surface area (Å²) in [4.78, 5) is 38.1. The van der Waals surface area contributed by atoms with Crippen LogP contribution < -0.4 is 14.3 Å². The molecule has 0 fully saturated rings. The number of nitro groups is 1. The minimum Gasteiger partial charge on any atom is -0.322 e. The molecule has 3 rings (SSSR count). The number of non-ortho nitro benzene ring substituents is 1. The van der Waals surface area contributed by atoms with Gasteiger partial charge in [0.05, 0.1) is 45.2 Å². The first-order valence-corrected chi connectivity index (χ1v) is 9.56. The summed E-state index contributed by atoms with van der Waals surface area (Å²) in [5.74, 6) is -0.587. The van der Waals surface area contributed by atoms with Gasteiger partial charge in [0.2, 0.25) is 6.41 Å². The number of anilines is 3. The van der Waals surface area contributed by atoms with Gasteiger partial charge in [0.1, 0.15) is 0 Å². The van der Waals surface area contributed by atoms with Crippen LogP contribution in [0.15, 0.2) is 67.0 Å². The summed E-state index contributed by atoms with van der Waals surface area (Å²) >= 11 is 7.05. The van der Waals surface area contributed by atoms with Crippen molar-refractivity contribution < 1.29 is 14.5 Å². The minimum absolute atomic E-state index is 0.0133. The molecule has 11 heteroatoms. The lowest BCUT2D eigenvalue weighted by Crippen LogP contribution is -2.15. The molecule has 1 heterocycles. The third-order valence-electron chi connectivity index (χ3n) is 3.80. The fourth-order valence-electron chi connectivity index (χ4n) is 2.35. The van der Waals surface area contributed by atoms with E-state index in [-0.39, 0.29) is 16.3 Å². The molecule has 0 aliphatic heterocycles. The summed E-state index contributed by atoms with van der Waals surface area (Å²) in [5, 5.41) is 13.6. The Hall–Kier alpha value is -3.63. The van der Waals surface area contributed by atoms with Gasteiger partial charge in [-0.05, 0) is 42.5 Å². The summed E-state index contributed by atoms with van der Waals surface area (Å²) in [6.45, 7) is 0. The van der Waals surface area contributed by atoms with Crippen molar-refractivity contribution in [1.29, 1.82) is 0 Å². The van der Waals surface area contributed by atoms with Crippen LogP contribution in [0.3, 0.4) is 0 Å². The number of amides is 2. The Morgan fingerprint density at radius 1 is 1.17 bits per heavy atom. The van der Waals surface area contributed by atoms with Gasteiger partial charge >= 0.3 is 0 Å². The van der Waals surface area contributed by atoms with Gasteiger partial charge in [0.25, 0.3) is 11.6 Å². The highest BCUT2D eigenvalue weighted by Crippen LogP contribution is 2.26. The lowest BCUT2D eigenvalue weighted by molar-refractivity contribution is -0.384. The molecule has 0 atom stereocenters. The maximum atomic E-state index is 12.4. The maximum absolute atomic E-state index is 12.4. The number of benzene rings is 2. The smallest absolute Gasteiger partial charge is 0.270 e. The van der Waals surface area contributed by atoms with E-state index in [1.807, 2.05) is 0 Å². The number of halogens is 1. The van der Waals surface area contributed by atoms with Gasteiger partial charge in [0, 0.05) is 24.0 Å². The zero-order valence-corrected chi connectivity index (χ0v) is 16.8. The number of pyridine rings is 1. The molecule has 0 bridgehead atoms. The van der Waals surface area contributed by atoms with Crippen molar-refractivity contribution in [2.24, 2.45) is 0 Å². The highest BCUT2D eigenvalue weighted by molar-refractivity contribution is 8.02. The number of nitrogens with zero attached hydrogens (tertiary/aromatic N) is 3. The average Bonchev–Trinajstić information content (AvgIpc) is 2.76. The fourth-order valence-corrected chi connectivity index (χ4v) is 3.15. The van der Waals surface area contributed by atoms with Crippen molar-refractivity contribution >= 4 is 58.8 Å². The summed E-state index contributed by atoms with van der Waals surface area (Å²) in [6, 6.07) is 13.7. The maximum Gasteiger partial charge on any atom is 0.270 e. The van der Waals surface area contributed by atoms with Gasteiger partial charge in [-0.15, -0.1) is 0 Å². The van der Waals surface area contributed by atoms with Gasteiger partial charge in [0.15, 0.2) is 0 Å². The number of aromatic nitrogens is 1. The molecule has 1 aromatic heterocycles. The van der Waals surface area contributed by atoms with Crippen LogP contribution in [-0.2, 0) is 4.79 Å². The molecule has 152 valence electrons. The molecule has 0 spiro atoms. The molecule has 2 N–H and O–H groups in total. The van der Waals surface area contributed by atoms with Crippen molar-refractivity contribution in [3.05, 3.63) is 87.7 Å². The molecule has 0 unspecified atom stereocenters. The quantitative estimate of drug-likeness (QED) is 0.227. The van der Waals surface area contributed by atoms with E-state index in [0.717, 1.165) is 23.9 Å². The summed E-state index contributed by atoms with van der Waals surface area (Å²) in [5.41, 5.74) is 1.48. The Morgan fingerprint density at radius 3 is 2.57 bits per heavy atom. The van der Waals surface area contributed by atoms with E-state index in [0.29, 0.717) is 17.8 Å². The minimum atomic E-state index is -0.604. The average molecular weight is 444 g/mol. The molecule has 9 nitrogen and oxygen atoms in total. The molecule has 0 aliphatic carbocycles. The van der Waals surface area contributed by atoms with E-state index in [1.165, 1.54) is 16.4 Å². The van der Waals surface area contributed by atoms with E-state index in [1.54, 1.807) is 48.8 Å². The van der Waals surface area contributed by atoms with Crippen LogP contribution in [0.4, 0.5) is 22.7 Å². The van der Waals surface area contributed by atoms with Crippen molar-refractivity contribution in [2.75, 3.05) is 14.3 Å². The summed E-state index contributed by atoms with van der Waals surface area (Å²) in [6.07, 6.45) is 3.90. The van der Waals surface area contributed by atoms with Gasteiger partial charge in [-0.1, -0.05) is 11.6 Å². The third-order valence-corrected chi connectivity index (χ3v) is 4.95. The number of carbonyl (C=O) groups excluding carboxylic acids is 2. The van der Waals surface area contributed by atoms with Crippen LogP contribution in [0.2, 0.25) is 5.02 Å². The molecule has 2 aromatic carbocycles. The van der Waals surface area contributed by atoms with Crippen LogP contribution in [0.1, 0.15) is 10.4 Å². The molecule has 0 saturated heterocycles. The van der Waals surface area contributed by atoms with Gasteiger partial charge < -0.3 is 10.0 Å². The number of nitro benzene ring substituents is 1. The number of hydrogen-bond acceptors (Lipinski definition) is 7. The van der Waals surface area contributed by atoms with Crippen LogP contribution >= 0.6 is 23.7 Å². The molecule has 0 aliphatic rings. The van der Waals surface area contributed by atoms with Crippen LogP contribution in [0, 0.1) is 10.1 Å². The Kier molecular flexibility index (Phi) is 6.83. The number of nitrogens with one attached hydrogen (secondary N) is 2. The zero-order chi connectivity index (χ0) is 21.5. The standard InChI is InChI=1S/C19H14ClN5O4S/c20-18-8-7-16(25(28)29)10-17(18)19(27)22-13-3-5-15(6-4-13)24(12-26)30-23-14-2-1-9-21-11-14/h1-12,23H,(H,22,27). The summed E-state index contributed by atoms with van der Waals surface area (Å²) in [7, 11) is 0. The molecular weight excluding hydrogens is 430 g/mol. The highest BCUT2D eigenvalue weighted by atomic mass is 35.5. The molecule has 3 aromatic rings. The Balaban J connectivity index is 1.67. The van der Waals surface area contributed by atoms with Gasteiger partial charge in [-0.2, -0.15) is 0 Å². The molecule has 0 saturated carbocycles. The fraction of sp³-hybridized carbons (Fsp3) is 0. The van der Waals surface area contributed by atoms with Gasteiger partial charge in [-0.3, -0.25) is 24.7 Å². The lowest BCUT2D eigenvalue weighted by Gasteiger charge is -2.17. The van der Waals surface area contributed by atoms with Crippen LogP contribution in [0.5, 0.6) is 0 Å². The predicted octanol–water partition coefficient (Wildman–Crippen LogP) is 4.53. The Labute approximate surface area is 180 Å². The zero-order valence-electron chi connectivity index (χ0n) is 15.2. The largest absolute Gasteiger partial charge is 0.322 e. The number of hydrogen-bond donors (Lipinski definition) is 2. The highest BCUT2D eigenvalue weighted by Gasteiger charge is 2.16.